The maximum Gasteiger partial charge on any atom is 0.314 e. The van der Waals surface area contributed by atoms with Gasteiger partial charge < -0.3 is 21.1 Å². The number of hydrogen-bond acceptors (Lipinski definition) is 3. The smallest absolute Gasteiger partial charge is 0.314 e. The summed E-state index contributed by atoms with van der Waals surface area (Å²) >= 11 is 0. The Balaban J connectivity index is 2.43. The molecule has 1 atom stereocenters. The maximum atomic E-state index is 11.7. The molecule has 0 radical (unpaired) electrons. The first-order valence-electron chi connectivity index (χ1n) is 6.76. The number of benzene rings is 1. The summed E-state index contributed by atoms with van der Waals surface area (Å²) in [6, 6.07) is 9.26. The molecule has 6 nitrogen and oxygen atoms in total. The van der Waals surface area contributed by atoms with Crippen LogP contribution in [0.15, 0.2) is 30.3 Å². The van der Waals surface area contributed by atoms with Gasteiger partial charge in [-0.2, -0.15) is 0 Å². The first-order valence-corrected chi connectivity index (χ1v) is 6.76. The molecule has 4 N–H and O–H groups in total. The number of rotatable bonds is 7. The summed E-state index contributed by atoms with van der Waals surface area (Å²) in [6.45, 7) is 3.87. The van der Waals surface area contributed by atoms with E-state index in [4.69, 9.17) is 10.5 Å². The van der Waals surface area contributed by atoms with Crippen molar-refractivity contribution in [2.45, 2.75) is 20.0 Å². The molecule has 0 fully saturated rings. The fourth-order valence-corrected chi connectivity index (χ4v) is 1.64. The molecule has 0 heterocycles. The third-order valence-corrected chi connectivity index (χ3v) is 3.26. The van der Waals surface area contributed by atoms with E-state index in [-0.39, 0.29) is 18.7 Å². The minimum Gasteiger partial charge on any atom is -0.375 e. The van der Waals surface area contributed by atoms with Gasteiger partial charge in [0.2, 0.25) is 5.91 Å². The molecule has 1 unspecified atom stereocenters. The van der Waals surface area contributed by atoms with Gasteiger partial charge in [-0.25, -0.2) is 4.79 Å². The summed E-state index contributed by atoms with van der Waals surface area (Å²) in [5, 5.41) is 5.35. The Bertz CT molecular complexity index is 474. The van der Waals surface area contributed by atoms with Crippen molar-refractivity contribution in [3.05, 3.63) is 35.9 Å². The molecule has 3 amide bonds. The number of methoxy groups -OCH3 is 1. The van der Waals surface area contributed by atoms with Gasteiger partial charge >= 0.3 is 6.03 Å². The van der Waals surface area contributed by atoms with Crippen LogP contribution in [0.1, 0.15) is 25.5 Å². The molecule has 0 aliphatic rings. The number of amides is 3. The molecule has 0 bridgehead atoms. The molecule has 0 aliphatic heterocycles. The van der Waals surface area contributed by atoms with Gasteiger partial charge in [-0.15, -0.1) is 0 Å². The van der Waals surface area contributed by atoms with Crippen LogP contribution >= 0.6 is 0 Å². The van der Waals surface area contributed by atoms with Crippen LogP contribution in [0.5, 0.6) is 0 Å². The Morgan fingerprint density at radius 2 is 1.86 bits per heavy atom. The van der Waals surface area contributed by atoms with Crippen molar-refractivity contribution in [2.24, 2.45) is 11.1 Å². The Kier molecular flexibility index (Phi) is 6.17. The van der Waals surface area contributed by atoms with E-state index in [2.05, 4.69) is 10.6 Å². The molecule has 0 saturated carbocycles. The van der Waals surface area contributed by atoms with Crippen LogP contribution in [0.4, 0.5) is 4.79 Å². The molecular formula is C15H23N3O3. The molecule has 1 rings (SSSR count). The highest BCUT2D eigenvalue weighted by molar-refractivity contribution is 5.81. The van der Waals surface area contributed by atoms with Crippen molar-refractivity contribution in [3.63, 3.8) is 0 Å². The summed E-state index contributed by atoms with van der Waals surface area (Å²) in [5.74, 6) is -0.457. The molecule has 1 aromatic carbocycles. The van der Waals surface area contributed by atoms with Gasteiger partial charge in [-0.05, 0) is 19.4 Å². The fraction of sp³-hybridized carbons (Fsp3) is 0.467. The lowest BCUT2D eigenvalue weighted by atomic mass is 9.93. The van der Waals surface area contributed by atoms with Crippen LogP contribution in [-0.2, 0) is 9.53 Å². The highest BCUT2D eigenvalue weighted by Gasteiger charge is 2.25. The lowest BCUT2D eigenvalue weighted by Gasteiger charge is -2.21. The van der Waals surface area contributed by atoms with Gasteiger partial charge in [0.25, 0.3) is 0 Å². The summed E-state index contributed by atoms with van der Waals surface area (Å²) < 4.78 is 5.35. The molecule has 0 spiro atoms. The van der Waals surface area contributed by atoms with Gasteiger partial charge in [0, 0.05) is 20.2 Å². The quantitative estimate of drug-likeness (QED) is 0.705. The number of ether oxygens (including phenoxy) is 1. The highest BCUT2D eigenvalue weighted by atomic mass is 16.5. The number of hydrogen-bond donors (Lipinski definition) is 3. The maximum absolute atomic E-state index is 11.7. The van der Waals surface area contributed by atoms with Gasteiger partial charge in [-0.1, -0.05) is 30.3 Å². The van der Waals surface area contributed by atoms with Crippen LogP contribution in [0.3, 0.4) is 0 Å². The number of nitrogens with two attached hydrogens (primary N) is 1. The molecule has 6 heteroatoms. The van der Waals surface area contributed by atoms with E-state index in [1.807, 2.05) is 30.3 Å². The number of carbonyl (C=O) groups is 2. The van der Waals surface area contributed by atoms with Crippen molar-refractivity contribution in [1.29, 1.82) is 0 Å². The average molecular weight is 293 g/mol. The molecule has 0 saturated heterocycles. The third-order valence-electron chi connectivity index (χ3n) is 3.26. The number of carbonyl (C=O) groups excluding carboxylic acids is 2. The number of nitrogens with one attached hydrogen (secondary N) is 2. The van der Waals surface area contributed by atoms with Gasteiger partial charge in [-0.3, -0.25) is 4.79 Å². The van der Waals surface area contributed by atoms with E-state index >= 15 is 0 Å². The van der Waals surface area contributed by atoms with Gasteiger partial charge in [0.1, 0.15) is 0 Å². The Labute approximate surface area is 125 Å². The molecule has 1 aromatic rings. The zero-order valence-electron chi connectivity index (χ0n) is 12.7. The predicted molar refractivity (Wildman–Crippen MR) is 80.6 cm³/mol. The minimum atomic E-state index is -0.780. The number of urea groups is 1. The van der Waals surface area contributed by atoms with Crippen LogP contribution in [0.25, 0.3) is 0 Å². The molecule has 21 heavy (non-hydrogen) atoms. The van der Waals surface area contributed by atoms with Gasteiger partial charge in [0.05, 0.1) is 11.5 Å². The van der Waals surface area contributed by atoms with Crippen LogP contribution in [-0.4, -0.2) is 32.1 Å². The van der Waals surface area contributed by atoms with E-state index in [1.54, 1.807) is 21.0 Å². The van der Waals surface area contributed by atoms with Crippen LogP contribution in [0.2, 0.25) is 0 Å². The summed E-state index contributed by atoms with van der Waals surface area (Å²) in [7, 11) is 1.59. The molecule has 0 aliphatic carbocycles. The first-order chi connectivity index (χ1) is 9.86. The normalized spacial score (nSPS) is 12.5. The second kappa shape index (κ2) is 7.64. The SMILES string of the molecule is COC(CNC(=O)NCC(C)(C)C(N)=O)c1ccccc1. The predicted octanol–water partition coefficient (Wildman–Crippen LogP) is 1.18. The van der Waals surface area contributed by atoms with Crippen molar-refractivity contribution in [2.75, 3.05) is 20.2 Å². The standard InChI is InChI=1S/C15H23N3O3/c1-15(2,13(16)19)10-18-14(20)17-9-12(21-3)11-7-5-4-6-8-11/h4-8,12H,9-10H2,1-3H3,(H2,16,19)(H2,17,18,20). The lowest BCUT2D eigenvalue weighted by molar-refractivity contribution is -0.125. The summed E-state index contributed by atoms with van der Waals surface area (Å²) in [6.07, 6.45) is -0.221. The third kappa shape index (κ3) is 5.43. The van der Waals surface area contributed by atoms with Crippen molar-refractivity contribution in [3.8, 4) is 0 Å². The average Bonchev–Trinajstić information content (AvgIpc) is 2.47. The molecule has 0 aromatic heterocycles. The monoisotopic (exact) mass is 293 g/mol. The minimum absolute atomic E-state index is 0.178. The first kappa shape index (κ1) is 17.0. The van der Waals surface area contributed by atoms with Crippen molar-refractivity contribution < 1.29 is 14.3 Å². The summed E-state index contributed by atoms with van der Waals surface area (Å²) in [4.78, 5) is 22.9. The largest absolute Gasteiger partial charge is 0.375 e. The Hall–Kier alpha value is -2.08. The zero-order valence-corrected chi connectivity index (χ0v) is 12.7. The van der Waals surface area contributed by atoms with Crippen molar-refractivity contribution >= 4 is 11.9 Å². The Morgan fingerprint density at radius 3 is 2.38 bits per heavy atom. The van der Waals surface area contributed by atoms with E-state index in [0.29, 0.717) is 6.54 Å². The van der Waals surface area contributed by atoms with E-state index in [0.717, 1.165) is 5.56 Å². The Morgan fingerprint density at radius 1 is 1.24 bits per heavy atom. The van der Waals surface area contributed by atoms with E-state index in [9.17, 15) is 9.59 Å². The second-order valence-electron chi connectivity index (χ2n) is 5.45. The lowest BCUT2D eigenvalue weighted by Crippen LogP contribution is -2.46. The topological polar surface area (TPSA) is 93.4 Å². The molecular weight excluding hydrogens is 270 g/mol. The van der Waals surface area contributed by atoms with Crippen LogP contribution in [0, 0.1) is 5.41 Å². The van der Waals surface area contributed by atoms with E-state index in [1.165, 1.54) is 0 Å². The zero-order chi connectivity index (χ0) is 15.9. The highest BCUT2D eigenvalue weighted by Crippen LogP contribution is 2.15. The number of primary amides is 1. The molecule has 116 valence electrons. The van der Waals surface area contributed by atoms with Crippen LogP contribution < -0.4 is 16.4 Å². The fourth-order valence-electron chi connectivity index (χ4n) is 1.64. The second-order valence-corrected chi connectivity index (χ2v) is 5.45. The van der Waals surface area contributed by atoms with E-state index < -0.39 is 11.3 Å². The van der Waals surface area contributed by atoms with Gasteiger partial charge in [0.15, 0.2) is 0 Å². The van der Waals surface area contributed by atoms with Crippen molar-refractivity contribution in [1.82, 2.24) is 10.6 Å². The summed E-state index contributed by atoms with van der Waals surface area (Å²) in [5.41, 5.74) is 5.45.